The molecule has 0 atom stereocenters. The normalized spacial score (nSPS) is 10.5. The number of carbonyl (C=O) groups is 1. The number of anilines is 1. The predicted octanol–water partition coefficient (Wildman–Crippen LogP) is 2.79. The fourth-order valence-corrected chi connectivity index (χ4v) is 2.69. The van der Waals surface area contributed by atoms with Crippen molar-refractivity contribution in [2.75, 3.05) is 19.5 Å². The summed E-state index contributed by atoms with van der Waals surface area (Å²) in [4.78, 5) is 11.2. The minimum absolute atomic E-state index is 0.111. The molecule has 2 aromatic carbocycles. The number of benzene rings is 2. The third kappa shape index (κ3) is 4.33. The Hall–Kier alpha value is -3.61. The molecule has 0 bridgehead atoms. The molecule has 0 fully saturated rings. The molecule has 1 aromatic heterocycles. The summed E-state index contributed by atoms with van der Waals surface area (Å²) in [6.07, 6.45) is 0. The van der Waals surface area contributed by atoms with E-state index in [0.717, 1.165) is 22.6 Å². The molecular weight excluding hydrogens is 344 g/mol. The van der Waals surface area contributed by atoms with Gasteiger partial charge >= 0.3 is 0 Å². The zero-order valence-corrected chi connectivity index (χ0v) is 15.0. The summed E-state index contributed by atoms with van der Waals surface area (Å²) in [5.41, 5.74) is 7.28. The largest absolute Gasteiger partial charge is 0.497 e. The number of rotatable bonds is 7. The second kappa shape index (κ2) is 8.18. The molecule has 7 heteroatoms. The van der Waals surface area contributed by atoms with Crippen molar-refractivity contribution in [1.82, 2.24) is 10.2 Å². The predicted molar refractivity (Wildman–Crippen MR) is 102 cm³/mol. The molecule has 3 rings (SSSR count). The SMILES string of the molecule is COc1cccc(C(Nc2ccc(C(N)=O)nn2)c2cccc(OC)c2)c1. The van der Waals surface area contributed by atoms with Crippen molar-refractivity contribution in [3.05, 3.63) is 77.5 Å². The molecule has 1 amide bonds. The van der Waals surface area contributed by atoms with Crippen LogP contribution in [0.3, 0.4) is 0 Å². The Morgan fingerprint density at radius 1 is 0.926 bits per heavy atom. The van der Waals surface area contributed by atoms with Crippen LogP contribution in [0.15, 0.2) is 60.7 Å². The average Bonchev–Trinajstić information content (AvgIpc) is 2.72. The van der Waals surface area contributed by atoms with E-state index < -0.39 is 5.91 Å². The number of aromatic nitrogens is 2. The first-order valence-electron chi connectivity index (χ1n) is 8.28. The van der Waals surface area contributed by atoms with Crippen LogP contribution in [0.2, 0.25) is 0 Å². The Morgan fingerprint density at radius 2 is 1.52 bits per heavy atom. The molecule has 0 saturated carbocycles. The van der Waals surface area contributed by atoms with Gasteiger partial charge in [-0.3, -0.25) is 4.79 Å². The second-order valence-corrected chi connectivity index (χ2v) is 5.80. The molecule has 0 unspecified atom stereocenters. The van der Waals surface area contributed by atoms with Crippen molar-refractivity contribution in [1.29, 1.82) is 0 Å². The first-order chi connectivity index (χ1) is 13.1. The van der Waals surface area contributed by atoms with Crippen molar-refractivity contribution in [2.45, 2.75) is 6.04 Å². The van der Waals surface area contributed by atoms with Gasteiger partial charge in [0.05, 0.1) is 20.3 Å². The molecule has 0 saturated heterocycles. The lowest BCUT2D eigenvalue weighted by Crippen LogP contribution is -2.16. The maximum Gasteiger partial charge on any atom is 0.269 e. The van der Waals surface area contributed by atoms with Crippen LogP contribution in [-0.4, -0.2) is 30.3 Å². The second-order valence-electron chi connectivity index (χ2n) is 5.80. The smallest absolute Gasteiger partial charge is 0.269 e. The highest BCUT2D eigenvalue weighted by Gasteiger charge is 2.17. The van der Waals surface area contributed by atoms with Gasteiger partial charge in [-0.25, -0.2) is 0 Å². The maximum atomic E-state index is 11.2. The van der Waals surface area contributed by atoms with Crippen molar-refractivity contribution in [3.63, 3.8) is 0 Å². The van der Waals surface area contributed by atoms with Gasteiger partial charge in [0, 0.05) is 0 Å². The number of nitrogens with zero attached hydrogens (tertiary/aromatic N) is 2. The molecule has 7 nitrogen and oxygen atoms in total. The quantitative estimate of drug-likeness (QED) is 0.669. The number of methoxy groups -OCH3 is 2. The molecule has 0 radical (unpaired) electrons. The molecule has 0 aliphatic rings. The van der Waals surface area contributed by atoms with Crippen molar-refractivity contribution in [3.8, 4) is 11.5 Å². The fraction of sp³-hybridized carbons (Fsp3) is 0.150. The average molecular weight is 364 g/mol. The van der Waals surface area contributed by atoms with Crippen LogP contribution in [-0.2, 0) is 0 Å². The molecule has 27 heavy (non-hydrogen) atoms. The number of nitrogens with one attached hydrogen (secondary N) is 1. The van der Waals surface area contributed by atoms with Crippen LogP contribution < -0.4 is 20.5 Å². The Kier molecular flexibility index (Phi) is 5.51. The fourth-order valence-electron chi connectivity index (χ4n) is 2.69. The number of ether oxygens (including phenoxy) is 2. The highest BCUT2D eigenvalue weighted by molar-refractivity contribution is 5.90. The van der Waals surface area contributed by atoms with E-state index in [1.165, 1.54) is 6.07 Å². The van der Waals surface area contributed by atoms with Gasteiger partial charge in [-0.05, 0) is 47.5 Å². The van der Waals surface area contributed by atoms with E-state index in [1.54, 1.807) is 20.3 Å². The lowest BCUT2D eigenvalue weighted by molar-refractivity contribution is 0.0994. The van der Waals surface area contributed by atoms with E-state index in [1.807, 2.05) is 48.5 Å². The van der Waals surface area contributed by atoms with Gasteiger partial charge in [-0.15, -0.1) is 10.2 Å². The maximum absolute atomic E-state index is 11.2. The van der Waals surface area contributed by atoms with Crippen LogP contribution in [0.1, 0.15) is 27.7 Å². The third-order valence-corrected chi connectivity index (χ3v) is 4.06. The summed E-state index contributed by atoms with van der Waals surface area (Å²) in [5.74, 6) is 1.39. The topological polar surface area (TPSA) is 99.4 Å². The van der Waals surface area contributed by atoms with Crippen LogP contribution in [0.5, 0.6) is 11.5 Å². The van der Waals surface area contributed by atoms with Crippen LogP contribution >= 0.6 is 0 Å². The van der Waals surface area contributed by atoms with Gasteiger partial charge in [0.15, 0.2) is 5.69 Å². The minimum Gasteiger partial charge on any atom is -0.497 e. The summed E-state index contributed by atoms with van der Waals surface area (Å²) in [7, 11) is 3.25. The standard InChI is InChI=1S/C20H20N4O3/c1-26-15-7-3-5-13(11-15)19(14-6-4-8-16(12-14)27-2)22-18-10-9-17(20(21)25)23-24-18/h3-12,19H,1-2H3,(H2,21,25)(H,22,24). The molecular formula is C20H20N4O3. The Balaban J connectivity index is 1.99. The van der Waals surface area contributed by atoms with Gasteiger partial charge < -0.3 is 20.5 Å². The van der Waals surface area contributed by atoms with Crippen LogP contribution in [0, 0.1) is 0 Å². The Bertz CT molecular complexity index is 881. The van der Waals surface area contributed by atoms with Gasteiger partial charge in [-0.1, -0.05) is 24.3 Å². The lowest BCUT2D eigenvalue weighted by atomic mass is 9.98. The number of amides is 1. The van der Waals surface area contributed by atoms with Crippen molar-refractivity contribution in [2.24, 2.45) is 5.73 Å². The number of carbonyl (C=O) groups excluding carboxylic acids is 1. The zero-order chi connectivity index (χ0) is 19.2. The summed E-state index contributed by atoms with van der Waals surface area (Å²) in [6, 6.07) is 18.5. The first-order valence-corrected chi connectivity index (χ1v) is 8.28. The molecule has 0 aliphatic carbocycles. The number of hydrogen-bond acceptors (Lipinski definition) is 6. The summed E-state index contributed by atoms with van der Waals surface area (Å²) < 4.78 is 10.7. The van der Waals surface area contributed by atoms with Gasteiger partial charge in [-0.2, -0.15) is 0 Å². The Morgan fingerprint density at radius 3 is 1.96 bits per heavy atom. The molecule has 138 valence electrons. The highest BCUT2D eigenvalue weighted by atomic mass is 16.5. The van der Waals surface area contributed by atoms with Gasteiger partial charge in [0.25, 0.3) is 5.91 Å². The Labute approximate surface area is 157 Å². The third-order valence-electron chi connectivity index (χ3n) is 4.06. The number of nitrogens with two attached hydrogens (primary N) is 1. The molecule has 3 N–H and O–H groups in total. The minimum atomic E-state index is -0.619. The first kappa shape index (κ1) is 18.2. The van der Waals surface area contributed by atoms with Gasteiger partial charge in [0.2, 0.25) is 0 Å². The van der Waals surface area contributed by atoms with Gasteiger partial charge in [0.1, 0.15) is 17.3 Å². The molecule has 1 heterocycles. The molecule has 0 aliphatic heterocycles. The van der Waals surface area contributed by atoms with E-state index in [-0.39, 0.29) is 11.7 Å². The van der Waals surface area contributed by atoms with Crippen LogP contribution in [0.25, 0.3) is 0 Å². The lowest BCUT2D eigenvalue weighted by Gasteiger charge is -2.21. The molecule has 3 aromatic rings. The van der Waals surface area contributed by atoms with E-state index >= 15 is 0 Å². The van der Waals surface area contributed by atoms with E-state index in [0.29, 0.717) is 5.82 Å². The van der Waals surface area contributed by atoms with Crippen molar-refractivity contribution < 1.29 is 14.3 Å². The van der Waals surface area contributed by atoms with E-state index in [4.69, 9.17) is 15.2 Å². The number of hydrogen-bond donors (Lipinski definition) is 2. The zero-order valence-electron chi connectivity index (χ0n) is 15.0. The van der Waals surface area contributed by atoms with E-state index in [2.05, 4.69) is 15.5 Å². The van der Waals surface area contributed by atoms with E-state index in [9.17, 15) is 4.79 Å². The monoisotopic (exact) mass is 364 g/mol. The highest BCUT2D eigenvalue weighted by Crippen LogP contribution is 2.30. The number of primary amides is 1. The van der Waals surface area contributed by atoms with Crippen LogP contribution in [0.4, 0.5) is 5.82 Å². The summed E-state index contributed by atoms with van der Waals surface area (Å²) >= 11 is 0. The molecule has 0 spiro atoms. The summed E-state index contributed by atoms with van der Waals surface area (Å²) in [5, 5.41) is 11.2. The summed E-state index contributed by atoms with van der Waals surface area (Å²) in [6.45, 7) is 0. The van der Waals surface area contributed by atoms with Crippen molar-refractivity contribution >= 4 is 11.7 Å².